The van der Waals surface area contributed by atoms with Gasteiger partial charge in [0.15, 0.2) is 10.4 Å². The fourth-order valence-corrected chi connectivity index (χ4v) is 3.83. The van der Waals surface area contributed by atoms with Gasteiger partial charge in [-0.2, -0.15) is 11.8 Å². The van der Waals surface area contributed by atoms with Crippen molar-refractivity contribution >= 4 is 35.1 Å². The minimum Gasteiger partial charge on any atom is -0.329 e. The summed E-state index contributed by atoms with van der Waals surface area (Å²) in [5.41, 5.74) is 3.24. The number of H-pyrrole nitrogens is 1. The molecule has 17 heavy (non-hydrogen) atoms. The summed E-state index contributed by atoms with van der Waals surface area (Å²) in [5.74, 6) is 2.45. The summed E-state index contributed by atoms with van der Waals surface area (Å²) in [7, 11) is 0. The Kier molecular flexibility index (Phi) is 2.96. The first kappa shape index (κ1) is 11.3. The number of fused-ring (bicyclic) bond motifs is 1. The maximum absolute atomic E-state index is 5.44. The van der Waals surface area contributed by atoms with Crippen molar-refractivity contribution in [3.63, 3.8) is 0 Å². The summed E-state index contributed by atoms with van der Waals surface area (Å²) in [6.45, 7) is 2.05. The van der Waals surface area contributed by atoms with Gasteiger partial charge >= 0.3 is 0 Å². The van der Waals surface area contributed by atoms with Gasteiger partial charge in [0.25, 0.3) is 0 Å². The minimum atomic E-state index is 0.521. The third-order valence-electron chi connectivity index (χ3n) is 3.25. The summed E-state index contributed by atoms with van der Waals surface area (Å²) < 4.78 is 3.03. The van der Waals surface area contributed by atoms with E-state index >= 15 is 0 Å². The van der Waals surface area contributed by atoms with E-state index in [-0.39, 0.29) is 0 Å². The van der Waals surface area contributed by atoms with Crippen molar-refractivity contribution in [2.75, 3.05) is 11.5 Å². The molecule has 0 saturated carbocycles. The Morgan fingerprint density at radius 2 is 2.24 bits per heavy atom. The van der Waals surface area contributed by atoms with Gasteiger partial charge < -0.3 is 4.98 Å². The van der Waals surface area contributed by atoms with Gasteiger partial charge in [0, 0.05) is 12.2 Å². The van der Waals surface area contributed by atoms with Crippen molar-refractivity contribution in [1.82, 2.24) is 14.5 Å². The van der Waals surface area contributed by atoms with Crippen LogP contribution in [0.4, 0.5) is 0 Å². The summed E-state index contributed by atoms with van der Waals surface area (Å²) >= 11 is 7.47. The van der Waals surface area contributed by atoms with Crippen LogP contribution >= 0.6 is 24.0 Å². The molecule has 1 fully saturated rings. The molecule has 90 valence electrons. The van der Waals surface area contributed by atoms with Crippen LogP contribution in [0.1, 0.15) is 24.4 Å². The highest BCUT2D eigenvalue weighted by Gasteiger charge is 2.19. The molecule has 2 aromatic heterocycles. The highest BCUT2D eigenvalue weighted by Crippen LogP contribution is 2.29. The molecule has 0 atom stereocenters. The summed E-state index contributed by atoms with van der Waals surface area (Å²) in [6, 6.07) is 2.64. The Labute approximate surface area is 110 Å². The average Bonchev–Trinajstić information content (AvgIpc) is 2.65. The van der Waals surface area contributed by atoms with Gasteiger partial charge in [0.1, 0.15) is 0 Å². The van der Waals surface area contributed by atoms with Gasteiger partial charge in [-0.05, 0) is 55.1 Å². The van der Waals surface area contributed by atoms with Crippen molar-refractivity contribution in [3.05, 3.63) is 22.6 Å². The molecule has 0 amide bonds. The lowest BCUT2D eigenvalue weighted by Gasteiger charge is -2.22. The second-order valence-electron chi connectivity index (χ2n) is 4.53. The lowest BCUT2D eigenvalue weighted by molar-refractivity contribution is 0.474. The maximum atomic E-state index is 5.44. The fraction of sp³-hybridized carbons (Fsp3) is 0.500. The second-order valence-corrected chi connectivity index (χ2v) is 6.14. The standard InChI is InChI=1S/C12H15N3S2/c1-8-6-10-11(13-7-8)15(12(16)14-10)9-2-4-17-5-3-9/h6-7,9H,2-5H2,1H3,(H,14,16). The smallest absolute Gasteiger partial charge is 0.179 e. The van der Waals surface area contributed by atoms with E-state index in [1.165, 1.54) is 29.9 Å². The first-order valence-corrected chi connectivity index (χ1v) is 7.46. The monoisotopic (exact) mass is 265 g/mol. The highest BCUT2D eigenvalue weighted by atomic mass is 32.2. The van der Waals surface area contributed by atoms with Crippen LogP contribution in [-0.4, -0.2) is 26.0 Å². The van der Waals surface area contributed by atoms with E-state index in [2.05, 4.69) is 27.5 Å². The summed E-state index contributed by atoms with van der Waals surface area (Å²) in [4.78, 5) is 7.81. The lowest BCUT2D eigenvalue weighted by atomic mass is 10.1. The zero-order valence-corrected chi connectivity index (χ0v) is 11.4. The van der Waals surface area contributed by atoms with Crippen molar-refractivity contribution in [1.29, 1.82) is 0 Å². The van der Waals surface area contributed by atoms with E-state index in [9.17, 15) is 0 Å². The first-order chi connectivity index (χ1) is 8.25. The van der Waals surface area contributed by atoms with E-state index < -0.39 is 0 Å². The zero-order valence-electron chi connectivity index (χ0n) is 9.77. The van der Waals surface area contributed by atoms with Crippen LogP contribution in [0.3, 0.4) is 0 Å². The van der Waals surface area contributed by atoms with E-state index in [1.54, 1.807) is 0 Å². The Morgan fingerprint density at radius 1 is 1.47 bits per heavy atom. The molecule has 3 nitrogen and oxygen atoms in total. The van der Waals surface area contributed by atoms with E-state index in [0.717, 1.165) is 15.9 Å². The normalized spacial score (nSPS) is 17.7. The highest BCUT2D eigenvalue weighted by molar-refractivity contribution is 7.99. The molecule has 1 saturated heterocycles. The SMILES string of the molecule is Cc1cnc2c(c1)[nH]c(=S)n2C1CCSCC1. The third kappa shape index (κ3) is 2.02. The second kappa shape index (κ2) is 4.46. The third-order valence-corrected chi connectivity index (χ3v) is 4.60. The van der Waals surface area contributed by atoms with Gasteiger partial charge in [-0.3, -0.25) is 4.57 Å². The number of thioether (sulfide) groups is 1. The number of nitrogens with one attached hydrogen (secondary N) is 1. The molecule has 0 bridgehead atoms. The predicted molar refractivity (Wildman–Crippen MR) is 75.3 cm³/mol. The number of rotatable bonds is 1. The van der Waals surface area contributed by atoms with E-state index in [4.69, 9.17) is 12.2 Å². The van der Waals surface area contributed by atoms with Crippen molar-refractivity contribution in [2.24, 2.45) is 0 Å². The van der Waals surface area contributed by atoms with Gasteiger partial charge in [-0.25, -0.2) is 4.98 Å². The zero-order chi connectivity index (χ0) is 11.8. The number of hydrogen-bond donors (Lipinski definition) is 1. The molecule has 3 heterocycles. The molecule has 5 heteroatoms. The molecule has 1 aliphatic heterocycles. The van der Waals surface area contributed by atoms with Crippen LogP contribution in [0.2, 0.25) is 0 Å². The Balaban J connectivity index is 2.14. The van der Waals surface area contributed by atoms with Crippen LogP contribution in [-0.2, 0) is 0 Å². The van der Waals surface area contributed by atoms with Crippen molar-refractivity contribution in [3.8, 4) is 0 Å². The van der Waals surface area contributed by atoms with Crippen LogP contribution in [0.15, 0.2) is 12.3 Å². The molecule has 0 spiro atoms. The molecule has 3 rings (SSSR count). The number of hydrogen-bond acceptors (Lipinski definition) is 3. The minimum absolute atomic E-state index is 0.521. The number of aryl methyl sites for hydroxylation is 1. The number of pyridine rings is 1. The van der Waals surface area contributed by atoms with Crippen molar-refractivity contribution < 1.29 is 0 Å². The number of aromatic nitrogens is 3. The van der Waals surface area contributed by atoms with Gasteiger partial charge in [-0.1, -0.05) is 0 Å². The molecule has 0 unspecified atom stereocenters. The van der Waals surface area contributed by atoms with Crippen LogP contribution < -0.4 is 0 Å². The Hall–Kier alpha value is -0.810. The molecule has 0 aliphatic carbocycles. The van der Waals surface area contributed by atoms with Crippen LogP contribution in [0, 0.1) is 11.7 Å². The lowest BCUT2D eigenvalue weighted by Crippen LogP contribution is -2.15. The first-order valence-electron chi connectivity index (χ1n) is 5.90. The number of nitrogens with zero attached hydrogens (tertiary/aromatic N) is 2. The quantitative estimate of drug-likeness (QED) is 0.802. The van der Waals surface area contributed by atoms with Gasteiger partial charge in [-0.15, -0.1) is 0 Å². The molecule has 0 radical (unpaired) electrons. The van der Waals surface area contributed by atoms with Gasteiger partial charge in [0.2, 0.25) is 0 Å². The molecular weight excluding hydrogens is 250 g/mol. The van der Waals surface area contributed by atoms with Crippen LogP contribution in [0.5, 0.6) is 0 Å². The molecule has 1 N–H and O–H groups in total. The maximum Gasteiger partial charge on any atom is 0.179 e. The Bertz CT molecular complexity index is 593. The topological polar surface area (TPSA) is 33.6 Å². The number of aromatic amines is 1. The van der Waals surface area contributed by atoms with E-state index in [0.29, 0.717) is 6.04 Å². The largest absolute Gasteiger partial charge is 0.329 e. The molecule has 2 aromatic rings. The Morgan fingerprint density at radius 3 is 3.00 bits per heavy atom. The predicted octanol–water partition coefficient (Wildman–Crippen LogP) is 3.47. The molecular formula is C12H15N3S2. The van der Waals surface area contributed by atoms with Crippen molar-refractivity contribution in [2.45, 2.75) is 25.8 Å². The summed E-state index contributed by atoms with van der Waals surface area (Å²) in [6.07, 6.45) is 4.31. The average molecular weight is 265 g/mol. The molecule has 1 aliphatic rings. The molecule has 0 aromatic carbocycles. The summed E-state index contributed by atoms with van der Waals surface area (Å²) in [5, 5.41) is 0. The van der Waals surface area contributed by atoms with Gasteiger partial charge in [0.05, 0.1) is 5.52 Å². The van der Waals surface area contributed by atoms with Crippen LogP contribution in [0.25, 0.3) is 11.2 Å². The number of imidazole rings is 1. The fourth-order valence-electron chi connectivity index (χ4n) is 2.40. The van der Waals surface area contributed by atoms with E-state index in [1.807, 2.05) is 18.0 Å².